The minimum absolute atomic E-state index is 0.0815. The van der Waals surface area contributed by atoms with Crippen LogP contribution in [0.3, 0.4) is 0 Å². The number of halogens is 2. The van der Waals surface area contributed by atoms with Gasteiger partial charge in [0.25, 0.3) is 0 Å². The molecule has 0 bridgehead atoms. The normalized spacial score (nSPS) is 14.6. The second-order valence-corrected chi connectivity index (χ2v) is 5.56. The number of hydrogen-bond acceptors (Lipinski definition) is 2. The van der Waals surface area contributed by atoms with Gasteiger partial charge in [-0.05, 0) is 36.6 Å². The van der Waals surface area contributed by atoms with Crippen LogP contribution in [-0.2, 0) is 11.3 Å². The van der Waals surface area contributed by atoms with Gasteiger partial charge in [-0.1, -0.05) is 23.2 Å². The van der Waals surface area contributed by atoms with Crippen LogP contribution in [0.4, 0.5) is 0 Å². The maximum atomic E-state index is 11.8. The molecule has 1 fully saturated rings. The Morgan fingerprint density at radius 1 is 1.33 bits per heavy atom. The number of likely N-dealkylation sites (N-methyl/N-ethyl adjacent to an activating group) is 1. The van der Waals surface area contributed by atoms with Gasteiger partial charge in [0.1, 0.15) is 0 Å². The molecule has 1 aliphatic rings. The summed E-state index contributed by atoms with van der Waals surface area (Å²) in [6, 6.07) is 5.88. The summed E-state index contributed by atoms with van der Waals surface area (Å²) in [6.07, 6.45) is 2.36. The minimum atomic E-state index is 0.0815. The molecule has 5 heteroatoms. The van der Waals surface area contributed by atoms with Gasteiger partial charge in [-0.3, -0.25) is 4.79 Å². The Balaban J connectivity index is 1.88. The molecule has 1 aliphatic carbocycles. The van der Waals surface area contributed by atoms with E-state index in [1.165, 1.54) is 12.8 Å². The van der Waals surface area contributed by atoms with Crippen LogP contribution >= 0.6 is 23.2 Å². The van der Waals surface area contributed by atoms with Crippen LogP contribution < -0.4 is 5.32 Å². The molecule has 1 amide bonds. The van der Waals surface area contributed by atoms with Gasteiger partial charge >= 0.3 is 0 Å². The molecule has 0 aromatic heterocycles. The first kappa shape index (κ1) is 13.7. The molecule has 0 heterocycles. The summed E-state index contributed by atoms with van der Waals surface area (Å²) in [6.45, 7) is 0.918. The van der Waals surface area contributed by atoms with Gasteiger partial charge in [0, 0.05) is 29.7 Å². The number of rotatable bonds is 5. The average molecular weight is 287 g/mol. The highest BCUT2D eigenvalue weighted by atomic mass is 35.5. The van der Waals surface area contributed by atoms with Gasteiger partial charge in [-0.2, -0.15) is 0 Å². The Labute approximate surface area is 117 Å². The van der Waals surface area contributed by atoms with Crippen LogP contribution in [-0.4, -0.2) is 30.4 Å². The maximum Gasteiger partial charge on any atom is 0.236 e. The fourth-order valence-corrected chi connectivity index (χ4v) is 2.29. The van der Waals surface area contributed by atoms with Crippen LogP contribution in [0, 0.1) is 0 Å². The number of nitrogens with zero attached hydrogens (tertiary/aromatic N) is 1. The smallest absolute Gasteiger partial charge is 0.236 e. The predicted molar refractivity (Wildman–Crippen MR) is 74.0 cm³/mol. The van der Waals surface area contributed by atoms with Crippen molar-refractivity contribution in [2.75, 3.05) is 13.6 Å². The Morgan fingerprint density at radius 3 is 2.50 bits per heavy atom. The molecule has 0 radical (unpaired) electrons. The van der Waals surface area contributed by atoms with Gasteiger partial charge in [0.15, 0.2) is 0 Å². The highest BCUT2D eigenvalue weighted by Gasteiger charge is 2.22. The standard InChI is InChI=1S/C13H16Cl2N2O/c1-17(13(18)7-16-12-2-3-12)8-9-4-10(14)6-11(15)5-9/h4-6,12,16H,2-3,7-8H2,1H3. The molecule has 18 heavy (non-hydrogen) atoms. The molecule has 0 unspecified atom stereocenters. The van der Waals surface area contributed by atoms with Gasteiger partial charge in [0.2, 0.25) is 5.91 Å². The predicted octanol–water partition coefficient (Wildman–Crippen LogP) is 2.70. The van der Waals surface area contributed by atoms with Crippen molar-refractivity contribution in [3.05, 3.63) is 33.8 Å². The van der Waals surface area contributed by atoms with Crippen LogP contribution in [0.1, 0.15) is 18.4 Å². The highest BCUT2D eigenvalue weighted by Crippen LogP contribution is 2.20. The molecule has 1 saturated carbocycles. The molecule has 2 rings (SSSR count). The van der Waals surface area contributed by atoms with Crippen molar-refractivity contribution in [2.45, 2.75) is 25.4 Å². The first-order valence-corrected chi connectivity index (χ1v) is 6.72. The summed E-state index contributed by atoms with van der Waals surface area (Å²) >= 11 is 11.8. The third-order valence-corrected chi connectivity index (χ3v) is 3.32. The van der Waals surface area contributed by atoms with E-state index in [1.54, 1.807) is 18.0 Å². The lowest BCUT2D eigenvalue weighted by Gasteiger charge is -2.18. The second kappa shape index (κ2) is 5.91. The molecule has 1 aromatic rings. The summed E-state index contributed by atoms with van der Waals surface area (Å²) in [5.41, 5.74) is 0.940. The van der Waals surface area contributed by atoms with Crippen molar-refractivity contribution in [1.29, 1.82) is 0 Å². The lowest BCUT2D eigenvalue weighted by molar-refractivity contribution is -0.129. The molecule has 0 saturated heterocycles. The van der Waals surface area contributed by atoms with Gasteiger partial charge in [-0.15, -0.1) is 0 Å². The molecular formula is C13H16Cl2N2O. The number of hydrogen-bond donors (Lipinski definition) is 1. The molecule has 98 valence electrons. The van der Waals surface area contributed by atoms with E-state index >= 15 is 0 Å². The van der Waals surface area contributed by atoms with Gasteiger partial charge in [0.05, 0.1) is 6.54 Å². The Kier molecular flexibility index (Phi) is 4.49. The van der Waals surface area contributed by atoms with Crippen molar-refractivity contribution >= 4 is 29.1 Å². The SMILES string of the molecule is CN(Cc1cc(Cl)cc(Cl)c1)C(=O)CNC1CC1. The summed E-state index contributed by atoms with van der Waals surface area (Å²) in [7, 11) is 1.78. The van der Waals surface area contributed by atoms with Gasteiger partial charge < -0.3 is 10.2 Å². The molecule has 1 aromatic carbocycles. The first-order chi connectivity index (χ1) is 8.54. The zero-order valence-electron chi connectivity index (χ0n) is 10.2. The van der Waals surface area contributed by atoms with Gasteiger partial charge in [-0.25, -0.2) is 0 Å². The first-order valence-electron chi connectivity index (χ1n) is 5.97. The van der Waals surface area contributed by atoms with E-state index in [2.05, 4.69) is 5.32 Å². The summed E-state index contributed by atoms with van der Waals surface area (Å²) < 4.78 is 0. The van der Waals surface area contributed by atoms with Crippen molar-refractivity contribution in [3.8, 4) is 0 Å². The largest absolute Gasteiger partial charge is 0.340 e. The zero-order valence-corrected chi connectivity index (χ0v) is 11.8. The monoisotopic (exact) mass is 286 g/mol. The molecule has 0 spiro atoms. The van der Waals surface area contributed by atoms with E-state index in [4.69, 9.17) is 23.2 Å². The van der Waals surface area contributed by atoms with Crippen LogP contribution in [0.5, 0.6) is 0 Å². The Morgan fingerprint density at radius 2 is 1.94 bits per heavy atom. The maximum absolute atomic E-state index is 11.8. The van der Waals surface area contributed by atoms with Crippen LogP contribution in [0.2, 0.25) is 10.0 Å². The Bertz CT molecular complexity index is 426. The van der Waals surface area contributed by atoms with Crippen LogP contribution in [0.25, 0.3) is 0 Å². The van der Waals surface area contributed by atoms with Crippen molar-refractivity contribution in [2.24, 2.45) is 0 Å². The minimum Gasteiger partial charge on any atom is -0.340 e. The number of benzene rings is 1. The average Bonchev–Trinajstić information content (AvgIpc) is 3.07. The van der Waals surface area contributed by atoms with E-state index in [0.29, 0.717) is 29.2 Å². The molecule has 0 atom stereocenters. The van der Waals surface area contributed by atoms with E-state index in [0.717, 1.165) is 5.56 Å². The molecule has 0 aliphatic heterocycles. The topological polar surface area (TPSA) is 32.3 Å². The third-order valence-electron chi connectivity index (χ3n) is 2.89. The quantitative estimate of drug-likeness (QED) is 0.903. The summed E-state index contributed by atoms with van der Waals surface area (Å²) in [4.78, 5) is 13.5. The molecule has 3 nitrogen and oxygen atoms in total. The van der Waals surface area contributed by atoms with E-state index in [-0.39, 0.29) is 5.91 Å². The van der Waals surface area contributed by atoms with Crippen LogP contribution in [0.15, 0.2) is 18.2 Å². The second-order valence-electron chi connectivity index (χ2n) is 4.68. The molecule has 1 N–H and O–H groups in total. The van der Waals surface area contributed by atoms with E-state index < -0.39 is 0 Å². The zero-order chi connectivity index (χ0) is 13.1. The lowest BCUT2D eigenvalue weighted by atomic mass is 10.2. The molecular weight excluding hydrogens is 271 g/mol. The number of carbonyl (C=O) groups excluding carboxylic acids is 1. The van der Waals surface area contributed by atoms with E-state index in [1.807, 2.05) is 12.1 Å². The number of carbonyl (C=O) groups is 1. The van der Waals surface area contributed by atoms with E-state index in [9.17, 15) is 4.79 Å². The fourth-order valence-electron chi connectivity index (χ4n) is 1.72. The summed E-state index contributed by atoms with van der Waals surface area (Å²) in [5, 5.41) is 4.39. The van der Waals surface area contributed by atoms with Crippen molar-refractivity contribution in [3.63, 3.8) is 0 Å². The fraction of sp³-hybridized carbons (Fsp3) is 0.462. The number of nitrogens with one attached hydrogen (secondary N) is 1. The summed E-state index contributed by atoms with van der Waals surface area (Å²) in [5.74, 6) is 0.0815. The van der Waals surface area contributed by atoms with Crippen molar-refractivity contribution < 1.29 is 4.79 Å². The number of amides is 1. The lowest BCUT2D eigenvalue weighted by Crippen LogP contribution is -2.35. The highest BCUT2D eigenvalue weighted by molar-refractivity contribution is 6.34. The van der Waals surface area contributed by atoms with Crippen molar-refractivity contribution in [1.82, 2.24) is 10.2 Å². The third kappa shape index (κ3) is 4.16. The Hall–Kier alpha value is -0.770.